The van der Waals surface area contributed by atoms with Gasteiger partial charge in [0.25, 0.3) is 0 Å². The second-order valence-corrected chi connectivity index (χ2v) is 24.0. The molecule has 2 amide bonds. The highest BCUT2D eigenvalue weighted by Gasteiger charge is 2.63. The number of likely N-dealkylation sites (tertiary alicyclic amines) is 1. The minimum Gasteiger partial charge on any atom is -0.465 e. The summed E-state index contributed by atoms with van der Waals surface area (Å²) in [7, 11) is -3.35. The zero-order chi connectivity index (χ0) is 24.8. The smallest absolute Gasteiger partial charge is 0.408 e. The van der Waals surface area contributed by atoms with Gasteiger partial charge in [-0.3, -0.25) is 9.69 Å². The fourth-order valence-electron chi connectivity index (χ4n) is 6.63. The molecule has 1 N–H and O–H groups in total. The van der Waals surface area contributed by atoms with Gasteiger partial charge in [-0.1, -0.05) is 82.8 Å². The molecule has 0 spiro atoms. The van der Waals surface area contributed by atoms with Crippen molar-refractivity contribution in [2.24, 2.45) is 0 Å². The number of nitrogens with zero attached hydrogens (tertiary/aromatic N) is 2. The maximum atomic E-state index is 13.6. The Hall–Kier alpha value is -1.61. The molecule has 33 heavy (non-hydrogen) atoms. The third-order valence-electron chi connectivity index (χ3n) is 7.63. The van der Waals surface area contributed by atoms with Crippen LogP contribution in [0, 0.1) is 0 Å². The Labute approximate surface area is 202 Å². The average molecular weight is 489 g/mol. The lowest BCUT2D eigenvalue weighted by atomic mass is 9.81. The molecule has 5 nitrogen and oxygen atoms in total. The summed E-state index contributed by atoms with van der Waals surface area (Å²) in [6.45, 7) is 18.3. The maximum absolute atomic E-state index is 13.6. The van der Waals surface area contributed by atoms with Gasteiger partial charge in [0.05, 0.1) is 21.7 Å². The Morgan fingerprint density at radius 3 is 1.97 bits per heavy atom. The maximum Gasteiger partial charge on any atom is 0.408 e. The highest BCUT2D eigenvalue weighted by molar-refractivity contribution is 6.96. The fourth-order valence-corrected chi connectivity index (χ4v) is 19.5. The van der Waals surface area contributed by atoms with Crippen LogP contribution in [0.1, 0.15) is 63.0 Å². The number of carbonyl (C=O) groups excluding carboxylic acids is 1. The molecule has 2 fully saturated rings. The van der Waals surface area contributed by atoms with Gasteiger partial charge in [0, 0.05) is 11.8 Å². The van der Waals surface area contributed by atoms with Crippen LogP contribution in [0.2, 0.25) is 39.3 Å². The Kier molecular flexibility index (Phi) is 7.26. The molecule has 1 aromatic rings. The number of benzene rings is 1. The van der Waals surface area contributed by atoms with Crippen molar-refractivity contribution in [3.8, 4) is 0 Å². The number of hydrogen-bond acceptors (Lipinski definition) is 2. The molecule has 184 valence electrons. The van der Waals surface area contributed by atoms with Gasteiger partial charge in [-0.15, -0.1) is 0 Å². The first kappa shape index (κ1) is 26.0. The Morgan fingerprint density at radius 1 is 1.03 bits per heavy atom. The molecule has 1 saturated carbocycles. The fraction of sp³-hybridized carbons (Fsp3) is 0.692. The predicted octanol–water partition coefficient (Wildman–Crippen LogP) is 6.33. The number of rotatable bonds is 7. The van der Waals surface area contributed by atoms with Crippen molar-refractivity contribution in [2.75, 3.05) is 0 Å². The van der Waals surface area contributed by atoms with Gasteiger partial charge >= 0.3 is 6.09 Å². The van der Waals surface area contributed by atoms with Crippen molar-refractivity contribution in [1.29, 1.82) is 0 Å². The molecule has 0 unspecified atom stereocenters. The zero-order valence-corrected chi connectivity index (χ0v) is 23.9. The molecule has 0 aromatic heterocycles. The first-order valence-electron chi connectivity index (χ1n) is 12.6. The molecule has 1 atom stereocenters. The van der Waals surface area contributed by atoms with E-state index in [4.69, 9.17) is 0 Å². The third-order valence-corrected chi connectivity index (χ3v) is 16.6. The molecular formula is C26H44N2O3Si2. The van der Waals surface area contributed by atoms with E-state index in [0.29, 0.717) is 5.92 Å². The number of hydrogen-bond donors (Lipinski definition) is 1. The van der Waals surface area contributed by atoms with Crippen LogP contribution in [0.3, 0.4) is 0 Å². The van der Waals surface area contributed by atoms with Crippen molar-refractivity contribution < 1.29 is 14.7 Å². The van der Waals surface area contributed by atoms with Crippen LogP contribution in [0.5, 0.6) is 0 Å². The average Bonchev–Trinajstić information content (AvgIpc) is 2.70. The monoisotopic (exact) mass is 488 g/mol. The number of carbonyl (C=O) groups is 2. The van der Waals surface area contributed by atoms with E-state index >= 15 is 0 Å². The van der Waals surface area contributed by atoms with Gasteiger partial charge in [-0.25, -0.2) is 4.79 Å². The molecule has 7 heteroatoms. The molecule has 0 bridgehead atoms. The minimum atomic E-state index is -1.67. The van der Waals surface area contributed by atoms with E-state index in [9.17, 15) is 14.7 Å². The summed E-state index contributed by atoms with van der Waals surface area (Å²) < 4.78 is 0. The summed E-state index contributed by atoms with van der Waals surface area (Å²) in [6.07, 6.45) is 5.40. The van der Waals surface area contributed by atoms with E-state index in [0.717, 1.165) is 5.56 Å². The number of carboxylic acid groups (broad SMARTS) is 1. The molecular weight excluding hydrogens is 444 g/mol. The van der Waals surface area contributed by atoms with E-state index in [1.165, 1.54) is 42.6 Å². The summed E-state index contributed by atoms with van der Waals surface area (Å²) in [5.74, 6) is 0.611. The summed E-state index contributed by atoms with van der Waals surface area (Å²) in [6, 6.07) is 7.81. The highest BCUT2D eigenvalue weighted by Crippen LogP contribution is 2.42. The van der Waals surface area contributed by atoms with E-state index in [1.807, 2.05) is 0 Å². The predicted molar refractivity (Wildman–Crippen MR) is 141 cm³/mol. The standard InChI is InChI=1S/C26H44N2O3Si2/c1-26(2)22(23(29)28(26)25(32(3,4)5)33(6,7)8)27(24(30)31)18-19-14-16-21(17-15-19)20-12-10-9-11-13-20/h14-17,20,22,25H,9-13,18H2,1-8H3,(H,30,31)/t22-/m1/s1. The van der Waals surface area contributed by atoms with Crippen LogP contribution >= 0.6 is 0 Å². The Balaban J connectivity index is 1.81. The molecule has 1 aromatic carbocycles. The van der Waals surface area contributed by atoms with Crippen LogP contribution in [0.25, 0.3) is 0 Å². The Morgan fingerprint density at radius 2 is 1.55 bits per heavy atom. The van der Waals surface area contributed by atoms with Crippen molar-refractivity contribution in [3.63, 3.8) is 0 Å². The largest absolute Gasteiger partial charge is 0.465 e. The first-order chi connectivity index (χ1) is 15.2. The topological polar surface area (TPSA) is 60.9 Å². The number of amides is 2. The normalized spacial score (nSPS) is 21.8. The summed E-state index contributed by atoms with van der Waals surface area (Å²) in [5.41, 5.74) is 1.80. The minimum absolute atomic E-state index is 0.0175. The van der Waals surface area contributed by atoms with Crippen LogP contribution in [-0.2, 0) is 11.3 Å². The van der Waals surface area contributed by atoms with Crippen LogP contribution in [0.15, 0.2) is 24.3 Å². The lowest BCUT2D eigenvalue weighted by Crippen LogP contribution is -2.84. The quantitative estimate of drug-likeness (QED) is 0.360. The van der Waals surface area contributed by atoms with E-state index in [1.54, 1.807) is 0 Å². The molecule has 1 heterocycles. The lowest BCUT2D eigenvalue weighted by molar-refractivity contribution is -0.169. The first-order valence-corrected chi connectivity index (χ1v) is 19.7. The van der Waals surface area contributed by atoms with Crippen LogP contribution in [-0.4, -0.2) is 59.9 Å². The van der Waals surface area contributed by atoms with Gasteiger partial charge in [0.15, 0.2) is 0 Å². The van der Waals surface area contributed by atoms with Crippen molar-refractivity contribution in [3.05, 3.63) is 35.4 Å². The second-order valence-electron chi connectivity index (χ2n) is 12.9. The molecule has 1 aliphatic carbocycles. The Bertz CT molecular complexity index is 851. The summed E-state index contributed by atoms with van der Waals surface area (Å²) in [5, 5.41) is 10.4. The summed E-state index contributed by atoms with van der Waals surface area (Å²) >= 11 is 0. The van der Waals surface area contributed by atoms with Gasteiger partial charge in [0.2, 0.25) is 5.91 Å². The lowest BCUT2D eigenvalue weighted by Gasteiger charge is -2.63. The molecule has 2 aliphatic rings. The van der Waals surface area contributed by atoms with Crippen molar-refractivity contribution in [1.82, 2.24) is 9.80 Å². The molecule has 0 radical (unpaired) electrons. The van der Waals surface area contributed by atoms with E-state index in [2.05, 4.69) is 82.3 Å². The highest BCUT2D eigenvalue weighted by atomic mass is 28.4. The van der Waals surface area contributed by atoms with Crippen molar-refractivity contribution >= 4 is 28.1 Å². The third kappa shape index (κ3) is 5.24. The molecule has 1 aliphatic heterocycles. The zero-order valence-electron chi connectivity index (χ0n) is 21.9. The summed E-state index contributed by atoms with van der Waals surface area (Å²) in [4.78, 5) is 29.3. The van der Waals surface area contributed by atoms with Gasteiger partial charge in [0.1, 0.15) is 6.04 Å². The van der Waals surface area contributed by atoms with E-state index in [-0.39, 0.29) is 17.7 Å². The van der Waals surface area contributed by atoms with Gasteiger partial charge in [-0.05, 0) is 43.7 Å². The van der Waals surface area contributed by atoms with Crippen LogP contribution < -0.4 is 0 Å². The van der Waals surface area contributed by atoms with Crippen LogP contribution in [0.4, 0.5) is 4.79 Å². The van der Waals surface area contributed by atoms with Gasteiger partial charge < -0.3 is 10.0 Å². The van der Waals surface area contributed by atoms with E-state index < -0.39 is 33.8 Å². The number of β-lactam (4-membered cyclic amide) rings is 1. The molecule has 1 saturated heterocycles. The molecule has 3 rings (SSSR count). The van der Waals surface area contributed by atoms with Gasteiger partial charge in [-0.2, -0.15) is 0 Å². The van der Waals surface area contributed by atoms with Crippen molar-refractivity contribution in [2.45, 2.75) is 115 Å². The second kappa shape index (κ2) is 9.21. The SMILES string of the molecule is CC1(C)[C@H](N(Cc2ccc(C3CCCCC3)cc2)C(=O)O)C(=O)N1C([Si](C)(C)C)[Si](C)(C)C.